The SMILES string of the molecule is CCNC(=NCc1ccc(N2CCCC2=O)cc1)NCCNC(=O)c1ccccc1Cl.I. The van der Waals surface area contributed by atoms with E-state index in [2.05, 4.69) is 20.9 Å². The molecule has 0 aliphatic carbocycles. The zero-order valence-corrected chi connectivity index (χ0v) is 21.2. The quantitative estimate of drug-likeness (QED) is 0.196. The monoisotopic (exact) mass is 569 g/mol. The summed E-state index contributed by atoms with van der Waals surface area (Å²) in [6.45, 7) is 4.99. The summed E-state index contributed by atoms with van der Waals surface area (Å²) < 4.78 is 0. The van der Waals surface area contributed by atoms with Crippen LogP contribution in [0.4, 0.5) is 5.69 Å². The van der Waals surface area contributed by atoms with Gasteiger partial charge in [0.15, 0.2) is 5.96 Å². The lowest BCUT2D eigenvalue weighted by Gasteiger charge is -2.16. The molecule has 32 heavy (non-hydrogen) atoms. The van der Waals surface area contributed by atoms with Gasteiger partial charge in [0.05, 0.1) is 17.1 Å². The first-order valence-corrected chi connectivity index (χ1v) is 10.9. The van der Waals surface area contributed by atoms with Gasteiger partial charge in [-0.05, 0) is 43.2 Å². The molecule has 1 heterocycles. The fraction of sp³-hybridized carbons (Fsp3) is 0.348. The van der Waals surface area contributed by atoms with Gasteiger partial charge in [0, 0.05) is 38.3 Å². The van der Waals surface area contributed by atoms with Crippen LogP contribution in [0.1, 0.15) is 35.7 Å². The maximum Gasteiger partial charge on any atom is 0.252 e. The second-order valence-electron chi connectivity index (χ2n) is 7.17. The number of carbonyl (C=O) groups excluding carboxylic acids is 2. The number of hydrogen-bond acceptors (Lipinski definition) is 3. The van der Waals surface area contributed by atoms with Crippen molar-refractivity contribution < 1.29 is 9.59 Å². The highest BCUT2D eigenvalue weighted by molar-refractivity contribution is 14.0. The summed E-state index contributed by atoms with van der Waals surface area (Å²) in [6.07, 6.45) is 1.55. The molecule has 1 aliphatic rings. The van der Waals surface area contributed by atoms with Crippen molar-refractivity contribution in [2.24, 2.45) is 4.99 Å². The number of nitrogens with zero attached hydrogens (tertiary/aromatic N) is 2. The molecule has 2 amide bonds. The summed E-state index contributed by atoms with van der Waals surface area (Å²) in [7, 11) is 0. The molecule has 0 unspecified atom stereocenters. The fourth-order valence-electron chi connectivity index (χ4n) is 3.31. The molecular weight excluding hydrogens is 541 g/mol. The van der Waals surface area contributed by atoms with Gasteiger partial charge in [-0.15, -0.1) is 24.0 Å². The molecule has 172 valence electrons. The van der Waals surface area contributed by atoms with E-state index in [1.807, 2.05) is 36.1 Å². The third-order valence-electron chi connectivity index (χ3n) is 4.91. The molecule has 7 nitrogen and oxygen atoms in total. The van der Waals surface area contributed by atoms with Gasteiger partial charge in [-0.3, -0.25) is 9.59 Å². The molecule has 1 aliphatic heterocycles. The van der Waals surface area contributed by atoms with Crippen LogP contribution in [0.25, 0.3) is 0 Å². The maximum atomic E-state index is 12.2. The lowest BCUT2D eigenvalue weighted by atomic mass is 10.2. The number of rotatable bonds is 8. The fourth-order valence-corrected chi connectivity index (χ4v) is 3.53. The van der Waals surface area contributed by atoms with Crippen LogP contribution in [0.5, 0.6) is 0 Å². The van der Waals surface area contributed by atoms with E-state index in [0.717, 1.165) is 30.8 Å². The molecule has 0 atom stereocenters. The smallest absolute Gasteiger partial charge is 0.252 e. The van der Waals surface area contributed by atoms with Crippen LogP contribution < -0.4 is 20.9 Å². The van der Waals surface area contributed by atoms with E-state index >= 15 is 0 Å². The van der Waals surface area contributed by atoms with E-state index in [9.17, 15) is 9.59 Å². The number of anilines is 1. The average Bonchev–Trinajstić information content (AvgIpc) is 3.21. The van der Waals surface area contributed by atoms with E-state index in [-0.39, 0.29) is 35.8 Å². The lowest BCUT2D eigenvalue weighted by molar-refractivity contribution is -0.117. The molecule has 3 N–H and O–H groups in total. The minimum absolute atomic E-state index is 0. The largest absolute Gasteiger partial charge is 0.357 e. The van der Waals surface area contributed by atoms with Crippen LogP contribution in [-0.4, -0.2) is 44.0 Å². The van der Waals surface area contributed by atoms with Gasteiger partial charge in [-0.1, -0.05) is 35.9 Å². The highest BCUT2D eigenvalue weighted by Gasteiger charge is 2.21. The molecule has 2 aromatic carbocycles. The first-order chi connectivity index (χ1) is 15.1. The molecular formula is C23H29ClIN5O2. The van der Waals surface area contributed by atoms with E-state index in [1.54, 1.807) is 24.3 Å². The van der Waals surface area contributed by atoms with Gasteiger partial charge in [0.1, 0.15) is 0 Å². The Morgan fingerprint density at radius 2 is 1.78 bits per heavy atom. The summed E-state index contributed by atoms with van der Waals surface area (Å²) in [5.74, 6) is 0.658. The van der Waals surface area contributed by atoms with Gasteiger partial charge >= 0.3 is 0 Å². The Morgan fingerprint density at radius 3 is 2.44 bits per heavy atom. The standard InChI is InChI=1S/C23H28ClN5O2.HI/c1-2-25-23(27-14-13-26-22(31)19-6-3-4-7-20(19)24)28-16-17-9-11-18(12-10-17)29-15-5-8-21(29)30;/h3-4,6-7,9-12H,2,5,8,13-16H2,1H3,(H,26,31)(H2,25,27,28);1H. The van der Waals surface area contributed by atoms with Crippen molar-refractivity contribution in [3.8, 4) is 0 Å². The number of guanidine groups is 1. The molecule has 3 rings (SSSR count). The van der Waals surface area contributed by atoms with Crippen molar-refractivity contribution in [1.82, 2.24) is 16.0 Å². The van der Waals surface area contributed by atoms with Crippen molar-refractivity contribution in [1.29, 1.82) is 0 Å². The van der Waals surface area contributed by atoms with Crippen molar-refractivity contribution in [2.45, 2.75) is 26.3 Å². The Labute approximate surface area is 211 Å². The molecule has 1 saturated heterocycles. The normalized spacial score (nSPS) is 13.5. The Bertz CT molecular complexity index is 936. The van der Waals surface area contributed by atoms with E-state index in [0.29, 0.717) is 42.6 Å². The van der Waals surface area contributed by atoms with Crippen LogP contribution in [0.2, 0.25) is 5.02 Å². The van der Waals surface area contributed by atoms with Gasteiger partial charge < -0.3 is 20.9 Å². The number of aliphatic imine (C=N–C) groups is 1. The predicted octanol–water partition coefficient (Wildman–Crippen LogP) is 3.57. The number of benzene rings is 2. The molecule has 0 spiro atoms. The molecule has 0 radical (unpaired) electrons. The van der Waals surface area contributed by atoms with Crippen molar-refractivity contribution in [2.75, 3.05) is 31.1 Å². The first kappa shape index (κ1) is 25.9. The zero-order valence-electron chi connectivity index (χ0n) is 18.1. The third-order valence-corrected chi connectivity index (χ3v) is 5.24. The number of hydrogen-bond donors (Lipinski definition) is 3. The van der Waals surface area contributed by atoms with E-state index in [1.165, 1.54) is 0 Å². The topological polar surface area (TPSA) is 85.8 Å². The number of carbonyl (C=O) groups is 2. The molecule has 0 bridgehead atoms. The molecule has 0 saturated carbocycles. The maximum absolute atomic E-state index is 12.2. The Kier molecular flexibility index (Phi) is 10.8. The zero-order chi connectivity index (χ0) is 22.1. The van der Waals surface area contributed by atoms with Crippen molar-refractivity contribution in [3.05, 3.63) is 64.7 Å². The number of nitrogens with one attached hydrogen (secondary N) is 3. The van der Waals surface area contributed by atoms with Gasteiger partial charge in [0.25, 0.3) is 5.91 Å². The van der Waals surface area contributed by atoms with Crippen LogP contribution in [-0.2, 0) is 11.3 Å². The number of amides is 2. The summed E-state index contributed by atoms with van der Waals surface area (Å²) in [4.78, 5) is 30.5. The van der Waals surface area contributed by atoms with Crippen LogP contribution in [0.15, 0.2) is 53.5 Å². The van der Waals surface area contributed by atoms with E-state index < -0.39 is 0 Å². The average molecular weight is 570 g/mol. The van der Waals surface area contributed by atoms with Gasteiger partial charge in [-0.25, -0.2) is 4.99 Å². The second kappa shape index (κ2) is 13.3. The van der Waals surface area contributed by atoms with Gasteiger partial charge in [0.2, 0.25) is 5.91 Å². The van der Waals surface area contributed by atoms with Crippen molar-refractivity contribution >= 4 is 59.0 Å². The van der Waals surface area contributed by atoms with Crippen molar-refractivity contribution in [3.63, 3.8) is 0 Å². The Hall–Kier alpha value is -2.33. The molecule has 9 heteroatoms. The summed E-state index contributed by atoms with van der Waals surface area (Å²) in [5.41, 5.74) is 2.46. The van der Waals surface area contributed by atoms with Crippen LogP contribution in [0, 0.1) is 0 Å². The second-order valence-corrected chi connectivity index (χ2v) is 7.58. The van der Waals surface area contributed by atoms with Crippen LogP contribution in [0.3, 0.4) is 0 Å². The third kappa shape index (κ3) is 7.37. The summed E-state index contributed by atoms with van der Waals surface area (Å²) >= 11 is 6.05. The Balaban J connectivity index is 0.00000363. The van der Waals surface area contributed by atoms with Gasteiger partial charge in [-0.2, -0.15) is 0 Å². The lowest BCUT2D eigenvalue weighted by Crippen LogP contribution is -2.41. The highest BCUT2D eigenvalue weighted by atomic mass is 127. The van der Waals surface area contributed by atoms with Crippen LogP contribution >= 0.6 is 35.6 Å². The Morgan fingerprint density at radius 1 is 1.06 bits per heavy atom. The minimum Gasteiger partial charge on any atom is -0.357 e. The van der Waals surface area contributed by atoms with E-state index in [4.69, 9.17) is 11.6 Å². The predicted molar refractivity (Wildman–Crippen MR) is 140 cm³/mol. The highest BCUT2D eigenvalue weighted by Crippen LogP contribution is 2.21. The minimum atomic E-state index is -0.203. The first-order valence-electron chi connectivity index (χ1n) is 10.5. The molecule has 0 aromatic heterocycles. The number of halogens is 2. The molecule has 2 aromatic rings. The molecule has 1 fully saturated rings. The summed E-state index contributed by atoms with van der Waals surface area (Å²) in [5, 5.41) is 9.69. The summed E-state index contributed by atoms with van der Waals surface area (Å²) in [6, 6.07) is 14.9.